The van der Waals surface area contributed by atoms with Crippen LogP contribution in [0.2, 0.25) is 0 Å². The molecule has 1 aromatic carbocycles. The summed E-state index contributed by atoms with van der Waals surface area (Å²) in [6.07, 6.45) is 3.19. The molecule has 2 aromatic rings. The molecular weight excluding hydrogens is 359 g/mol. The van der Waals surface area contributed by atoms with Crippen LogP contribution in [-0.4, -0.2) is 25.9 Å². The number of hydrogen-bond acceptors (Lipinski definition) is 6. The molecule has 134 valence electrons. The molecule has 0 radical (unpaired) electrons. The summed E-state index contributed by atoms with van der Waals surface area (Å²) < 4.78 is 21.1. The van der Waals surface area contributed by atoms with Crippen LogP contribution in [-0.2, 0) is 22.7 Å². The molecule has 2 N–H and O–H groups in total. The lowest BCUT2D eigenvalue weighted by molar-refractivity contribution is -0.137. The maximum absolute atomic E-state index is 14.0. The van der Waals surface area contributed by atoms with Gasteiger partial charge >= 0.3 is 5.97 Å². The van der Waals surface area contributed by atoms with Gasteiger partial charge in [0.25, 0.3) is 0 Å². The Kier molecular flexibility index (Phi) is 4.97. The third kappa shape index (κ3) is 4.04. The fraction of sp³-hybridized carbons (Fsp3) is 0.235. The van der Waals surface area contributed by atoms with E-state index in [1.807, 2.05) is 18.4 Å². The second-order valence-electron chi connectivity index (χ2n) is 5.75. The fourth-order valence-electron chi connectivity index (χ4n) is 2.36. The van der Waals surface area contributed by atoms with Crippen molar-refractivity contribution in [1.82, 2.24) is 15.1 Å². The number of nitriles is 1. The van der Waals surface area contributed by atoms with Crippen molar-refractivity contribution in [2.24, 2.45) is 0 Å². The van der Waals surface area contributed by atoms with E-state index in [2.05, 4.69) is 10.4 Å². The van der Waals surface area contributed by atoms with Gasteiger partial charge in [-0.05, 0) is 24.5 Å². The van der Waals surface area contributed by atoms with Gasteiger partial charge in [-0.2, -0.15) is 10.4 Å². The van der Waals surface area contributed by atoms with Crippen LogP contribution in [0.15, 0.2) is 36.0 Å². The van der Waals surface area contributed by atoms with Crippen molar-refractivity contribution in [3.63, 3.8) is 0 Å². The Morgan fingerprint density at radius 1 is 1.58 bits per heavy atom. The Hall–Kier alpha value is -2.83. The first-order valence-corrected chi connectivity index (χ1v) is 8.50. The highest BCUT2D eigenvalue weighted by Gasteiger charge is 2.32. The Bertz CT molecular complexity index is 921. The van der Waals surface area contributed by atoms with E-state index in [-0.39, 0.29) is 18.7 Å². The van der Waals surface area contributed by atoms with Gasteiger partial charge in [-0.25, -0.2) is 4.39 Å². The van der Waals surface area contributed by atoms with E-state index in [0.29, 0.717) is 5.56 Å². The SMILES string of the molecule is CC1(OCc2ccc(C#N)cc2F)NC(c2cnn(CC(=O)O)c2)=CS1. The molecule has 1 aliphatic rings. The van der Waals surface area contributed by atoms with Crippen LogP contribution in [0.5, 0.6) is 0 Å². The summed E-state index contributed by atoms with van der Waals surface area (Å²) in [5.41, 5.74) is 2.09. The van der Waals surface area contributed by atoms with Gasteiger partial charge < -0.3 is 15.2 Å². The molecule has 9 heteroatoms. The van der Waals surface area contributed by atoms with E-state index < -0.39 is 16.8 Å². The maximum Gasteiger partial charge on any atom is 0.325 e. The summed E-state index contributed by atoms with van der Waals surface area (Å²) in [6, 6.07) is 6.13. The second kappa shape index (κ2) is 7.19. The summed E-state index contributed by atoms with van der Waals surface area (Å²) in [5, 5.41) is 25.8. The number of nitrogens with zero attached hydrogens (tertiary/aromatic N) is 3. The average Bonchev–Trinajstić information content (AvgIpc) is 3.20. The van der Waals surface area contributed by atoms with E-state index in [4.69, 9.17) is 15.1 Å². The minimum atomic E-state index is -0.972. The number of ether oxygens (including phenoxy) is 1. The van der Waals surface area contributed by atoms with Crippen LogP contribution in [0, 0.1) is 17.1 Å². The van der Waals surface area contributed by atoms with Crippen molar-refractivity contribution in [2.75, 3.05) is 0 Å². The van der Waals surface area contributed by atoms with Crippen LogP contribution in [0.4, 0.5) is 4.39 Å². The van der Waals surface area contributed by atoms with Gasteiger partial charge in [0.05, 0.1) is 30.1 Å². The van der Waals surface area contributed by atoms with E-state index in [1.54, 1.807) is 18.5 Å². The molecule has 1 aliphatic heterocycles. The van der Waals surface area contributed by atoms with Crippen molar-refractivity contribution in [3.05, 3.63) is 58.5 Å². The van der Waals surface area contributed by atoms with E-state index in [1.165, 1.54) is 28.6 Å². The lowest BCUT2D eigenvalue weighted by Gasteiger charge is -2.25. The van der Waals surface area contributed by atoms with E-state index in [9.17, 15) is 9.18 Å². The zero-order valence-corrected chi connectivity index (χ0v) is 14.6. The van der Waals surface area contributed by atoms with Crippen LogP contribution >= 0.6 is 11.8 Å². The number of carboxylic acids is 1. The zero-order chi connectivity index (χ0) is 18.7. The monoisotopic (exact) mass is 374 g/mol. The summed E-state index contributed by atoms with van der Waals surface area (Å²) >= 11 is 1.38. The van der Waals surface area contributed by atoms with Gasteiger partial charge in [0.2, 0.25) is 0 Å². The lowest BCUT2D eigenvalue weighted by Crippen LogP contribution is -2.36. The highest BCUT2D eigenvalue weighted by Crippen LogP contribution is 2.37. The molecule has 2 heterocycles. The highest BCUT2D eigenvalue weighted by molar-refractivity contribution is 8.03. The Morgan fingerprint density at radius 3 is 3.08 bits per heavy atom. The minimum Gasteiger partial charge on any atom is -0.480 e. The van der Waals surface area contributed by atoms with Crippen LogP contribution in [0.3, 0.4) is 0 Å². The predicted molar refractivity (Wildman–Crippen MR) is 92.9 cm³/mol. The molecule has 1 aromatic heterocycles. The summed E-state index contributed by atoms with van der Waals surface area (Å²) in [7, 11) is 0. The molecule has 7 nitrogen and oxygen atoms in total. The highest BCUT2D eigenvalue weighted by atomic mass is 32.2. The predicted octanol–water partition coefficient (Wildman–Crippen LogP) is 2.50. The van der Waals surface area contributed by atoms with Crippen molar-refractivity contribution in [1.29, 1.82) is 5.26 Å². The first-order chi connectivity index (χ1) is 12.4. The molecule has 26 heavy (non-hydrogen) atoms. The Labute approximate surface area is 153 Å². The van der Waals surface area contributed by atoms with Gasteiger partial charge in [-0.3, -0.25) is 9.48 Å². The molecule has 0 saturated heterocycles. The number of thioether (sulfide) groups is 1. The van der Waals surface area contributed by atoms with Gasteiger partial charge in [0.15, 0.2) is 5.06 Å². The van der Waals surface area contributed by atoms with Gasteiger partial charge in [-0.1, -0.05) is 17.8 Å². The lowest BCUT2D eigenvalue weighted by atomic mass is 10.1. The Morgan fingerprint density at radius 2 is 2.38 bits per heavy atom. The largest absolute Gasteiger partial charge is 0.480 e. The second-order valence-corrected chi connectivity index (χ2v) is 7.00. The number of rotatable bonds is 6. The number of benzene rings is 1. The molecule has 1 atom stereocenters. The molecule has 0 amide bonds. The average molecular weight is 374 g/mol. The minimum absolute atomic E-state index is 0.0352. The summed E-state index contributed by atoms with van der Waals surface area (Å²) in [6.45, 7) is 1.63. The number of carbonyl (C=O) groups is 1. The molecule has 0 fully saturated rings. The van der Waals surface area contributed by atoms with Gasteiger partial charge in [0, 0.05) is 17.3 Å². The number of carboxylic acid groups (broad SMARTS) is 1. The molecule has 0 spiro atoms. The molecular formula is C17H15FN4O3S. The Balaban J connectivity index is 1.62. The number of aliphatic carboxylic acids is 1. The maximum atomic E-state index is 14.0. The van der Waals surface area contributed by atoms with Gasteiger partial charge in [0.1, 0.15) is 12.4 Å². The topological polar surface area (TPSA) is 100 Å². The van der Waals surface area contributed by atoms with Crippen molar-refractivity contribution in [2.45, 2.75) is 25.1 Å². The molecule has 0 saturated carbocycles. The van der Waals surface area contributed by atoms with Crippen LogP contribution in [0.25, 0.3) is 5.70 Å². The number of nitrogens with one attached hydrogen (secondary N) is 1. The first kappa shape index (κ1) is 18.0. The molecule has 1 unspecified atom stereocenters. The summed E-state index contributed by atoms with van der Waals surface area (Å²) in [5.74, 6) is -1.46. The number of hydrogen-bond donors (Lipinski definition) is 2. The number of aromatic nitrogens is 2. The normalized spacial score (nSPS) is 18.9. The molecule has 3 rings (SSSR count). The third-order valence-corrected chi connectivity index (χ3v) is 4.71. The van der Waals surface area contributed by atoms with Crippen molar-refractivity contribution >= 4 is 23.4 Å². The molecule has 0 aliphatic carbocycles. The zero-order valence-electron chi connectivity index (χ0n) is 13.8. The van der Waals surface area contributed by atoms with E-state index >= 15 is 0 Å². The van der Waals surface area contributed by atoms with Crippen molar-refractivity contribution in [3.8, 4) is 6.07 Å². The quantitative estimate of drug-likeness (QED) is 0.801. The fourth-order valence-corrected chi connectivity index (χ4v) is 3.20. The molecule has 0 bridgehead atoms. The summed E-state index contributed by atoms with van der Waals surface area (Å²) in [4.78, 5) is 10.7. The smallest absolute Gasteiger partial charge is 0.325 e. The van der Waals surface area contributed by atoms with E-state index in [0.717, 1.165) is 11.3 Å². The first-order valence-electron chi connectivity index (χ1n) is 7.62. The third-order valence-electron chi connectivity index (χ3n) is 3.69. The number of halogens is 1. The van der Waals surface area contributed by atoms with Crippen LogP contribution in [0.1, 0.15) is 23.6 Å². The van der Waals surface area contributed by atoms with Gasteiger partial charge in [-0.15, -0.1) is 0 Å². The standard InChI is InChI=1S/C17H15FN4O3S/c1-17(25-9-12-3-2-11(5-19)4-14(12)18)21-15(10-26-17)13-6-20-22(7-13)8-16(23)24/h2-4,6-7,10,21H,8-9H2,1H3,(H,23,24). The van der Waals surface area contributed by atoms with Crippen molar-refractivity contribution < 1.29 is 19.0 Å². The van der Waals surface area contributed by atoms with Crippen LogP contribution < -0.4 is 5.32 Å².